The van der Waals surface area contributed by atoms with Crippen LogP contribution in [0.3, 0.4) is 0 Å². The van der Waals surface area contributed by atoms with Crippen molar-refractivity contribution >= 4 is 17.4 Å². The number of hydrogen-bond acceptors (Lipinski definition) is 7. The van der Waals surface area contributed by atoms with Gasteiger partial charge in [-0.05, 0) is 25.0 Å². The van der Waals surface area contributed by atoms with E-state index in [-0.39, 0.29) is 11.8 Å². The molecule has 0 bridgehead atoms. The van der Waals surface area contributed by atoms with Crippen LogP contribution in [-0.2, 0) is 4.79 Å². The number of rotatable bonds is 7. The number of hydrogen-bond donors (Lipinski definition) is 1. The van der Waals surface area contributed by atoms with Crippen molar-refractivity contribution < 1.29 is 14.3 Å². The maximum Gasteiger partial charge on any atom is 0.229 e. The molecule has 1 fully saturated rings. The summed E-state index contributed by atoms with van der Waals surface area (Å²) in [5, 5.41) is 12.0. The molecule has 0 saturated carbocycles. The zero-order chi connectivity index (χ0) is 24.9. The van der Waals surface area contributed by atoms with Crippen LogP contribution in [0.15, 0.2) is 73.1 Å². The van der Waals surface area contributed by atoms with Crippen molar-refractivity contribution in [1.82, 2.24) is 19.7 Å². The number of anilines is 2. The molecule has 1 aliphatic heterocycles. The number of amides is 1. The molecule has 1 amide bonds. The van der Waals surface area contributed by atoms with Crippen molar-refractivity contribution in [1.29, 1.82) is 0 Å². The first-order valence-electron chi connectivity index (χ1n) is 11.9. The van der Waals surface area contributed by atoms with Crippen molar-refractivity contribution in [3.05, 3.63) is 73.1 Å². The van der Waals surface area contributed by atoms with Gasteiger partial charge in [-0.2, -0.15) is 0 Å². The van der Waals surface area contributed by atoms with Gasteiger partial charge in [-0.15, -0.1) is 10.2 Å². The van der Waals surface area contributed by atoms with Gasteiger partial charge in [0.25, 0.3) is 0 Å². The highest BCUT2D eigenvalue weighted by molar-refractivity contribution is 5.93. The molecule has 9 nitrogen and oxygen atoms in total. The van der Waals surface area contributed by atoms with E-state index in [2.05, 4.69) is 25.4 Å². The number of aromatic nitrogens is 4. The average molecular weight is 485 g/mol. The quantitative estimate of drug-likeness (QED) is 0.420. The van der Waals surface area contributed by atoms with E-state index in [1.807, 2.05) is 53.2 Å². The molecule has 1 N–H and O–H groups in total. The summed E-state index contributed by atoms with van der Waals surface area (Å²) in [4.78, 5) is 19.7. The monoisotopic (exact) mass is 484 g/mol. The summed E-state index contributed by atoms with van der Waals surface area (Å²) in [6.07, 6.45) is 5.33. The Hall–Kier alpha value is -4.40. The van der Waals surface area contributed by atoms with E-state index in [4.69, 9.17) is 9.47 Å². The maximum absolute atomic E-state index is 13.1. The largest absolute Gasteiger partial charge is 0.497 e. The highest BCUT2D eigenvalue weighted by Gasteiger charge is 2.27. The Bertz CT molecular complexity index is 1300. The predicted octanol–water partition coefficient (Wildman–Crippen LogP) is 4.20. The number of nitrogens with zero attached hydrogens (tertiary/aromatic N) is 5. The summed E-state index contributed by atoms with van der Waals surface area (Å²) in [5.74, 6) is 3.29. The minimum absolute atomic E-state index is 0.0366. The molecule has 36 heavy (non-hydrogen) atoms. The van der Waals surface area contributed by atoms with Gasteiger partial charge in [0.1, 0.15) is 17.3 Å². The fourth-order valence-electron chi connectivity index (χ4n) is 4.43. The first kappa shape index (κ1) is 23.3. The molecule has 2 aromatic heterocycles. The molecule has 1 saturated heterocycles. The number of carbonyl (C=O) groups is 1. The maximum atomic E-state index is 13.1. The number of nitrogens with one attached hydrogen (secondary N) is 1. The van der Waals surface area contributed by atoms with Crippen LogP contribution in [-0.4, -0.2) is 53.0 Å². The molecule has 1 aliphatic rings. The fourth-order valence-corrected chi connectivity index (χ4v) is 4.43. The minimum Gasteiger partial charge on any atom is -0.497 e. The van der Waals surface area contributed by atoms with Crippen LogP contribution in [0.25, 0.3) is 17.2 Å². The van der Waals surface area contributed by atoms with Crippen LogP contribution in [0.1, 0.15) is 12.8 Å². The molecule has 0 radical (unpaired) electrons. The van der Waals surface area contributed by atoms with Crippen molar-refractivity contribution in [3.63, 3.8) is 0 Å². The minimum atomic E-state index is -0.171. The second-order valence-corrected chi connectivity index (χ2v) is 8.61. The van der Waals surface area contributed by atoms with E-state index in [0.717, 1.165) is 36.6 Å². The number of piperidine rings is 1. The predicted molar refractivity (Wildman–Crippen MR) is 138 cm³/mol. The lowest BCUT2D eigenvalue weighted by Gasteiger charge is -2.32. The summed E-state index contributed by atoms with van der Waals surface area (Å²) in [7, 11) is 3.17. The van der Waals surface area contributed by atoms with Crippen LogP contribution in [0.5, 0.6) is 11.5 Å². The van der Waals surface area contributed by atoms with Gasteiger partial charge in [0.05, 0.1) is 20.1 Å². The second kappa shape index (κ2) is 10.5. The van der Waals surface area contributed by atoms with Crippen molar-refractivity contribution in [2.45, 2.75) is 12.8 Å². The van der Waals surface area contributed by atoms with Gasteiger partial charge in [-0.3, -0.25) is 9.36 Å². The van der Waals surface area contributed by atoms with Gasteiger partial charge < -0.3 is 19.7 Å². The summed E-state index contributed by atoms with van der Waals surface area (Å²) >= 11 is 0. The highest BCUT2D eigenvalue weighted by atomic mass is 16.5. The standard InChI is InChI=1S/C27H28N6O3/c1-35-22-15-21(16-23(17-22)36-2)29-27(34)20-9-6-13-32(18-20)24-10-11-25(31-30-24)33-14-12-28-26(33)19-7-4-3-5-8-19/h3-5,7-8,10-12,14-17,20H,6,9,13,18H2,1-2H3,(H,29,34). The van der Waals surface area contributed by atoms with Crippen LogP contribution >= 0.6 is 0 Å². The lowest BCUT2D eigenvalue weighted by atomic mass is 9.97. The van der Waals surface area contributed by atoms with Gasteiger partial charge in [0, 0.05) is 54.9 Å². The second-order valence-electron chi connectivity index (χ2n) is 8.61. The normalized spacial score (nSPS) is 15.4. The molecule has 4 aromatic rings. The van der Waals surface area contributed by atoms with Gasteiger partial charge in [0.15, 0.2) is 11.6 Å². The lowest BCUT2D eigenvalue weighted by molar-refractivity contribution is -0.120. The van der Waals surface area contributed by atoms with E-state index in [1.165, 1.54) is 0 Å². The zero-order valence-corrected chi connectivity index (χ0v) is 20.3. The molecule has 0 aliphatic carbocycles. The molecule has 3 heterocycles. The molecule has 5 rings (SSSR count). The Morgan fingerprint density at radius 3 is 2.39 bits per heavy atom. The van der Waals surface area contributed by atoms with Gasteiger partial charge in [-0.25, -0.2) is 4.98 Å². The Labute approximate surface area is 209 Å². The van der Waals surface area contributed by atoms with Crippen LogP contribution in [0.4, 0.5) is 11.5 Å². The third kappa shape index (κ3) is 5.00. The van der Waals surface area contributed by atoms with Gasteiger partial charge in [0.2, 0.25) is 5.91 Å². The fraction of sp³-hybridized carbons (Fsp3) is 0.259. The Balaban J connectivity index is 1.28. The molecule has 1 unspecified atom stereocenters. The van der Waals surface area contributed by atoms with E-state index >= 15 is 0 Å². The summed E-state index contributed by atoms with van der Waals surface area (Å²) in [6.45, 7) is 1.40. The van der Waals surface area contributed by atoms with Crippen molar-refractivity contribution in [3.8, 4) is 28.7 Å². The first-order chi connectivity index (χ1) is 17.6. The van der Waals surface area contributed by atoms with E-state index in [9.17, 15) is 4.79 Å². The molecule has 9 heteroatoms. The van der Waals surface area contributed by atoms with Crippen LogP contribution < -0.4 is 19.7 Å². The van der Waals surface area contributed by atoms with Gasteiger partial charge >= 0.3 is 0 Å². The Morgan fingerprint density at radius 1 is 0.972 bits per heavy atom. The average Bonchev–Trinajstić information content (AvgIpc) is 3.43. The van der Waals surface area contributed by atoms with Crippen LogP contribution in [0.2, 0.25) is 0 Å². The summed E-state index contributed by atoms with van der Waals surface area (Å²) in [5.41, 5.74) is 1.65. The lowest BCUT2D eigenvalue weighted by Crippen LogP contribution is -2.41. The molecular formula is C27H28N6O3. The molecular weight excluding hydrogens is 456 g/mol. The zero-order valence-electron chi connectivity index (χ0n) is 20.3. The third-order valence-corrected chi connectivity index (χ3v) is 6.29. The molecule has 1 atom stereocenters. The van der Waals surface area contributed by atoms with E-state index in [1.54, 1.807) is 38.6 Å². The van der Waals surface area contributed by atoms with Gasteiger partial charge in [-0.1, -0.05) is 30.3 Å². The van der Waals surface area contributed by atoms with E-state index in [0.29, 0.717) is 29.5 Å². The molecule has 0 spiro atoms. The van der Waals surface area contributed by atoms with E-state index < -0.39 is 0 Å². The Kier molecular flexibility index (Phi) is 6.79. The number of carbonyl (C=O) groups excluding carboxylic acids is 1. The van der Waals surface area contributed by atoms with Crippen molar-refractivity contribution in [2.75, 3.05) is 37.5 Å². The molecule has 2 aromatic carbocycles. The number of ether oxygens (including phenoxy) is 2. The number of methoxy groups -OCH3 is 2. The first-order valence-corrected chi connectivity index (χ1v) is 11.9. The number of imidazole rings is 1. The SMILES string of the molecule is COc1cc(NC(=O)C2CCCN(c3ccc(-n4ccnc4-c4ccccc4)nn3)C2)cc(OC)c1. The highest BCUT2D eigenvalue weighted by Crippen LogP contribution is 2.28. The smallest absolute Gasteiger partial charge is 0.229 e. The number of benzene rings is 2. The summed E-state index contributed by atoms with van der Waals surface area (Å²) < 4.78 is 12.5. The van der Waals surface area contributed by atoms with Crippen LogP contribution in [0, 0.1) is 5.92 Å². The summed E-state index contributed by atoms with van der Waals surface area (Å²) in [6, 6.07) is 19.2. The Morgan fingerprint density at radius 2 is 1.69 bits per heavy atom. The molecule has 184 valence electrons. The van der Waals surface area contributed by atoms with Crippen molar-refractivity contribution in [2.24, 2.45) is 5.92 Å². The third-order valence-electron chi connectivity index (χ3n) is 6.29. The topological polar surface area (TPSA) is 94.4 Å².